The van der Waals surface area contributed by atoms with Gasteiger partial charge in [0.25, 0.3) is 0 Å². The fourth-order valence-corrected chi connectivity index (χ4v) is 5.01. The number of rotatable bonds is 14. The number of hydrogen-bond acceptors (Lipinski definition) is 7. The first-order valence-corrected chi connectivity index (χ1v) is 12.4. The zero-order valence-corrected chi connectivity index (χ0v) is 20.0. The average molecular weight is 487 g/mol. The first-order chi connectivity index (χ1) is 16.0. The quantitative estimate of drug-likeness (QED) is 0.373. The molecule has 33 heavy (non-hydrogen) atoms. The van der Waals surface area contributed by atoms with E-state index in [2.05, 4.69) is 13.2 Å². The van der Waals surface area contributed by atoms with Crippen LogP contribution in [-0.2, 0) is 4.74 Å². The molecule has 0 radical (unpaired) electrons. The van der Waals surface area contributed by atoms with E-state index in [1.165, 1.54) is 0 Å². The molecule has 0 saturated carbocycles. The SMILES string of the molecule is C=CCC(SC(=O)c1ccccc1)C(O)COCC(O)C(CC=C)SC(=O)c1ccccc1. The molecule has 4 unspecified atom stereocenters. The summed E-state index contributed by atoms with van der Waals surface area (Å²) in [6, 6.07) is 17.7. The topological polar surface area (TPSA) is 83.8 Å². The molecule has 2 aromatic carbocycles. The average Bonchev–Trinajstić information content (AvgIpc) is 2.84. The van der Waals surface area contributed by atoms with Gasteiger partial charge in [-0.05, 0) is 12.8 Å². The molecule has 2 rings (SSSR count). The van der Waals surface area contributed by atoms with E-state index >= 15 is 0 Å². The Balaban J connectivity index is 1.87. The Labute approximate surface area is 203 Å². The highest BCUT2D eigenvalue weighted by atomic mass is 32.2. The molecular weight excluding hydrogens is 456 g/mol. The maximum Gasteiger partial charge on any atom is 0.219 e. The molecule has 2 aromatic rings. The zero-order chi connectivity index (χ0) is 24.1. The van der Waals surface area contributed by atoms with Gasteiger partial charge in [-0.3, -0.25) is 9.59 Å². The smallest absolute Gasteiger partial charge is 0.219 e. The molecule has 7 heteroatoms. The fourth-order valence-electron chi connectivity index (χ4n) is 2.98. The summed E-state index contributed by atoms with van der Waals surface area (Å²) in [6.45, 7) is 7.31. The second-order valence-electron chi connectivity index (χ2n) is 7.34. The Morgan fingerprint density at radius 3 is 1.45 bits per heavy atom. The van der Waals surface area contributed by atoms with Crippen LogP contribution in [0.2, 0.25) is 0 Å². The minimum absolute atomic E-state index is 0.0528. The predicted octanol–water partition coefficient (Wildman–Crippen LogP) is 4.76. The van der Waals surface area contributed by atoms with E-state index in [0.29, 0.717) is 24.0 Å². The number of thioether (sulfide) groups is 2. The minimum Gasteiger partial charge on any atom is -0.390 e. The predicted molar refractivity (Wildman–Crippen MR) is 137 cm³/mol. The minimum atomic E-state index is -0.927. The summed E-state index contributed by atoms with van der Waals surface area (Å²) in [5.41, 5.74) is 1.12. The van der Waals surface area contributed by atoms with E-state index < -0.39 is 22.7 Å². The maximum atomic E-state index is 12.5. The fraction of sp³-hybridized carbons (Fsp3) is 0.308. The van der Waals surface area contributed by atoms with Gasteiger partial charge in [-0.15, -0.1) is 13.2 Å². The number of benzene rings is 2. The van der Waals surface area contributed by atoms with Gasteiger partial charge in [0.1, 0.15) is 0 Å². The third kappa shape index (κ3) is 9.31. The summed E-state index contributed by atoms with van der Waals surface area (Å²) in [6.07, 6.45) is 2.31. The van der Waals surface area contributed by atoms with Gasteiger partial charge in [0.15, 0.2) is 0 Å². The molecule has 0 aliphatic carbocycles. The number of ether oxygens (including phenoxy) is 1. The van der Waals surface area contributed by atoms with E-state index in [4.69, 9.17) is 4.74 Å². The molecule has 0 saturated heterocycles. The van der Waals surface area contributed by atoms with Crippen molar-refractivity contribution in [2.45, 2.75) is 35.5 Å². The van der Waals surface area contributed by atoms with E-state index in [9.17, 15) is 19.8 Å². The number of aliphatic hydroxyl groups excluding tert-OH is 2. The first kappa shape index (κ1) is 27.1. The van der Waals surface area contributed by atoms with Crippen LogP contribution < -0.4 is 0 Å². The summed E-state index contributed by atoms with van der Waals surface area (Å²) in [7, 11) is 0. The molecule has 5 nitrogen and oxygen atoms in total. The molecule has 4 atom stereocenters. The highest BCUT2D eigenvalue weighted by molar-refractivity contribution is 8.15. The zero-order valence-electron chi connectivity index (χ0n) is 18.4. The lowest BCUT2D eigenvalue weighted by Gasteiger charge is -2.23. The molecule has 0 spiro atoms. The molecule has 0 aliphatic heterocycles. The summed E-state index contributed by atoms with van der Waals surface area (Å²) in [5, 5.41) is 20.0. The first-order valence-electron chi connectivity index (χ1n) is 10.6. The molecule has 0 aliphatic rings. The number of allylic oxidation sites excluding steroid dienone is 2. The van der Waals surface area contributed by atoms with Gasteiger partial charge >= 0.3 is 0 Å². The number of carbonyl (C=O) groups excluding carboxylic acids is 2. The molecule has 0 bridgehead atoms. The van der Waals surface area contributed by atoms with Crippen molar-refractivity contribution in [1.29, 1.82) is 0 Å². The largest absolute Gasteiger partial charge is 0.390 e. The van der Waals surface area contributed by atoms with Crippen molar-refractivity contribution in [1.82, 2.24) is 0 Å². The summed E-state index contributed by atoms with van der Waals surface area (Å²) in [4.78, 5) is 25.0. The third-order valence-corrected chi connectivity index (χ3v) is 7.29. The van der Waals surface area contributed by atoms with E-state index in [1.807, 2.05) is 12.1 Å². The highest BCUT2D eigenvalue weighted by Gasteiger charge is 2.26. The van der Waals surface area contributed by atoms with Crippen molar-refractivity contribution >= 4 is 33.8 Å². The van der Waals surface area contributed by atoms with Crippen LogP contribution in [0.15, 0.2) is 86.0 Å². The molecule has 2 N–H and O–H groups in total. The van der Waals surface area contributed by atoms with Crippen LogP contribution in [0.4, 0.5) is 0 Å². The van der Waals surface area contributed by atoms with Gasteiger partial charge in [0.05, 0.1) is 25.4 Å². The van der Waals surface area contributed by atoms with Crippen molar-refractivity contribution in [2.24, 2.45) is 0 Å². The van der Waals surface area contributed by atoms with Gasteiger partial charge in [0, 0.05) is 21.6 Å². The second-order valence-corrected chi connectivity index (χ2v) is 9.76. The van der Waals surface area contributed by atoms with Gasteiger partial charge in [-0.1, -0.05) is 96.3 Å². The number of aliphatic hydroxyl groups is 2. The van der Waals surface area contributed by atoms with Crippen LogP contribution in [-0.4, -0.2) is 56.4 Å². The van der Waals surface area contributed by atoms with E-state index in [0.717, 1.165) is 23.5 Å². The standard InChI is InChI=1S/C26H30O5S2/c1-3-11-23(32-25(29)19-13-7-5-8-14-19)21(27)17-31-18-22(28)24(12-4-2)33-26(30)20-15-9-6-10-16-20/h3-10,13-16,21-24,27-28H,1-2,11-12,17-18H2. The highest BCUT2D eigenvalue weighted by Crippen LogP contribution is 2.26. The van der Waals surface area contributed by atoms with Gasteiger partial charge < -0.3 is 14.9 Å². The van der Waals surface area contributed by atoms with Crippen LogP contribution in [0.1, 0.15) is 33.6 Å². The lowest BCUT2D eigenvalue weighted by molar-refractivity contribution is -0.00764. The molecular formula is C26H30O5S2. The second kappa shape index (κ2) is 14.9. The van der Waals surface area contributed by atoms with E-state index in [1.54, 1.807) is 60.7 Å². The van der Waals surface area contributed by atoms with Crippen LogP contribution >= 0.6 is 23.5 Å². The van der Waals surface area contributed by atoms with Crippen LogP contribution in [0.25, 0.3) is 0 Å². The molecule has 0 aromatic heterocycles. The van der Waals surface area contributed by atoms with Gasteiger partial charge in [-0.2, -0.15) is 0 Å². The van der Waals surface area contributed by atoms with Crippen molar-refractivity contribution in [2.75, 3.05) is 13.2 Å². The van der Waals surface area contributed by atoms with Crippen LogP contribution in [0.5, 0.6) is 0 Å². The monoisotopic (exact) mass is 486 g/mol. The van der Waals surface area contributed by atoms with Gasteiger partial charge in [0.2, 0.25) is 10.2 Å². The molecule has 0 fully saturated rings. The molecule has 0 amide bonds. The maximum absolute atomic E-state index is 12.5. The summed E-state index contributed by atoms with van der Waals surface area (Å²) >= 11 is 2.09. The number of hydrogen-bond donors (Lipinski definition) is 2. The van der Waals surface area contributed by atoms with Crippen molar-refractivity contribution in [3.8, 4) is 0 Å². The molecule has 0 heterocycles. The Kier molecular flexibility index (Phi) is 12.2. The third-order valence-electron chi connectivity index (χ3n) is 4.77. The van der Waals surface area contributed by atoms with Crippen molar-refractivity contribution < 1.29 is 24.5 Å². The Morgan fingerprint density at radius 2 is 1.12 bits per heavy atom. The number of carbonyl (C=O) groups is 2. The van der Waals surface area contributed by atoms with Crippen LogP contribution in [0.3, 0.4) is 0 Å². The van der Waals surface area contributed by atoms with E-state index in [-0.39, 0.29) is 23.4 Å². The van der Waals surface area contributed by atoms with Crippen molar-refractivity contribution in [3.63, 3.8) is 0 Å². The van der Waals surface area contributed by atoms with Crippen molar-refractivity contribution in [3.05, 3.63) is 97.1 Å². The summed E-state index contributed by atoms with van der Waals surface area (Å²) < 4.78 is 5.57. The van der Waals surface area contributed by atoms with Crippen LogP contribution in [0, 0.1) is 0 Å². The Morgan fingerprint density at radius 1 is 0.758 bits per heavy atom. The molecule has 176 valence electrons. The normalized spacial score (nSPS) is 14.6. The lowest BCUT2D eigenvalue weighted by Crippen LogP contribution is -2.33. The Bertz CT molecular complexity index is 815. The Hall–Kier alpha value is -2.16. The lowest BCUT2D eigenvalue weighted by atomic mass is 10.2. The van der Waals surface area contributed by atoms with Gasteiger partial charge in [-0.25, -0.2) is 0 Å². The summed E-state index contributed by atoms with van der Waals surface area (Å²) in [5.74, 6) is 0.